The Morgan fingerprint density at radius 2 is 1.71 bits per heavy atom. The average Bonchev–Trinajstić information content (AvgIpc) is 2.82. The second-order valence-corrected chi connectivity index (χ2v) is 7.64. The highest BCUT2D eigenvalue weighted by molar-refractivity contribution is 6.45. The standard InChI is InChI=1S/C16H29BN2O2/c1-12(2)14-8-9-19(18-14)11-13(3)10-17-20-15(4,5)16(6,7)21-17/h8-9,12-13H,10-11H2,1-7H3. The van der Waals surface area contributed by atoms with E-state index < -0.39 is 0 Å². The molecule has 21 heavy (non-hydrogen) atoms. The van der Waals surface area contributed by atoms with Gasteiger partial charge in [0.05, 0.1) is 16.9 Å². The summed E-state index contributed by atoms with van der Waals surface area (Å²) >= 11 is 0. The Morgan fingerprint density at radius 1 is 1.14 bits per heavy atom. The molecule has 1 atom stereocenters. The van der Waals surface area contributed by atoms with Gasteiger partial charge in [-0.15, -0.1) is 0 Å². The molecule has 1 aromatic rings. The largest absolute Gasteiger partial charge is 0.458 e. The number of aromatic nitrogens is 2. The maximum Gasteiger partial charge on any atom is 0.458 e. The lowest BCUT2D eigenvalue weighted by atomic mass is 9.78. The molecule has 1 aliphatic rings. The molecule has 4 nitrogen and oxygen atoms in total. The third kappa shape index (κ3) is 3.69. The molecule has 1 aromatic heterocycles. The normalized spacial score (nSPS) is 22.0. The van der Waals surface area contributed by atoms with Crippen molar-refractivity contribution in [2.75, 3.05) is 0 Å². The van der Waals surface area contributed by atoms with Gasteiger partial charge in [-0.1, -0.05) is 20.8 Å². The SMILES string of the molecule is CC(CB1OC(C)(C)C(C)(C)O1)Cn1ccc(C(C)C)n1. The van der Waals surface area contributed by atoms with Gasteiger partial charge in [0.15, 0.2) is 0 Å². The van der Waals surface area contributed by atoms with Crippen LogP contribution >= 0.6 is 0 Å². The maximum absolute atomic E-state index is 6.06. The molecule has 0 N–H and O–H groups in total. The first-order valence-electron chi connectivity index (χ1n) is 8.00. The van der Waals surface area contributed by atoms with Crippen LogP contribution in [0.25, 0.3) is 0 Å². The fourth-order valence-corrected chi connectivity index (χ4v) is 2.57. The van der Waals surface area contributed by atoms with Gasteiger partial charge < -0.3 is 9.31 Å². The highest BCUT2D eigenvalue weighted by Crippen LogP contribution is 2.38. The van der Waals surface area contributed by atoms with Crippen LogP contribution in [0.5, 0.6) is 0 Å². The molecule has 0 saturated carbocycles. The van der Waals surface area contributed by atoms with Crippen LogP contribution in [0, 0.1) is 5.92 Å². The molecule has 1 unspecified atom stereocenters. The van der Waals surface area contributed by atoms with Crippen molar-refractivity contribution in [3.63, 3.8) is 0 Å². The summed E-state index contributed by atoms with van der Waals surface area (Å²) in [6.45, 7) is 15.8. The molecule has 1 saturated heterocycles. The summed E-state index contributed by atoms with van der Waals surface area (Å²) < 4.78 is 14.2. The lowest BCUT2D eigenvalue weighted by Crippen LogP contribution is -2.41. The van der Waals surface area contributed by atoms with E-state index in [0.29, 0.717) is 11.8 Å². The summed E-state index contributed by atoms with van der Waals surface area (Å²) in [4.78, 5) is 0. The molecule has 0 spiro atoms. The Labute approximate surface area is 129 Å². The quantitative estimate of drug-likeness (QED) is 0.776. The van der Waals surface area contributed by atoms with Gasteiger partial charge in [-0.25, -0.2) is 0 Å². The number of nitrogens with zero attached hydrogens (tertiary/aromatic N) is 2. The molecule has 0 aromatic carbocycles. The van der Waals surface area contributed by atoms with Gasteiger partial charge in [0.25, 0.3) is 0 Å². The van der Waals surface area contributed by atoms with Crippen LogP contribution in [-0.2, 0) is 15.9 Å². The molecular weight excluding hydrogens is 263 g/mol. The third-order valence-electron chi connectivity index (χ3n) is 4.65. The molecule has 0 aliphatic carbocycles. The fraction of sp³-hybridized carbons (Fsp3) is 0.812. The molecule has 5 heteroatoms. The summed E-state index contributed by atoms with van der Waals surface area (Å²) in [5.74, 6) is 0.935. The van der Waals surface area contributed by atoms with Gasteiger partial charge in [0.1, 0.15) is 0 Å². The average molecular weight is 292 g/mol. The second kappa shape index (κ2) is 5.77. The van der Waals surface area contributed by atoms with E-state index in [4.69, 9.17) is 9.31 Å². The summed E-state index contributed by atoms with van der Waals surface area (Å²) in [5, 5.41) is 4.62. The van der Waals surface area contributed by atoms with E-state index >= 15 is 0 Å². The predicted molar refractivity (Wildman–Crippen MR) is 86.4 cm³/mol. The first-order valence-corrected chi connectivity index (χ1v) is 8.00. The summed E-state index contributed by atoms with van der Waals surface area (Å²) in [6, 6.07) is 2.10. The predicted octanol–water partition coefficient (Wildman–Crippen LogP) is 3.73. The minimum atomic E-state index is -0.242. The summed E-state index contributed by atoms with van der Waals surface area (Å²) in [6.07, 6.45) is 2.96. The van der Waals surface area contributed by atoms with E-state index in [1.54, 1.807) is 0 Å². The fourth-order valence-electron chi connectivity index (χ4n) is 2.57. The first kappa shape index (κ1) is 16.6. The molecule has 0 bridgehead atoms. The zero-order chi connectivity index (χ0) is 15.8. The Morgan fingerprint density at radius 3 is 2.19 bits per heavy atom. The zero-order valence-corrected chi connectivity index (χ0v) is 14.5. The molecule has 1 fully saturated rings. The van der Waals surface area contributed by atoms with E-state index in [-0.39, 0.29) is 18.3 Å². The molecule has 118 valence electrons. The molecule has 1 aliphatic heterocycles. The smallest absolute Gasteiger partial charge is 0.403 e. The van der Waals surface area contributed by atoms with Gasteiger partial charge >= 0.3 is 7.12 Å². The highest BCUT2D eigenvalue weighted by Gasteiger charge is 2.51. The highest BCUT2D eigenvalue weighted by atomic mass is 16.7. The Hall–Kier alpha value is -0.805. The van der Waals surface area contributed by atoms with Crippen molar-refractivity contribution >= 4 is 7.12 Å². The number of rotatable bonds is 5. The maximum atomic E-state index is 6.06. The van der Waals surface area contributed by atoms with Crippen molar-refractivity contribution in [1.29, 1.82) is 0 Å². The van der Waals surface area contributed by atoms with Crippen LogP contribution in [0.15, 0.2) is 12.3 Å². The molecular formula is C16H29BN2O2. The Bertz CT molecular complexity index is 466. The van der Waals surface area contributed by atoms with Crippen LogP contribution < -0.4 is 0 Å². The van der Waals surface area contributed by atoms with E-state index in [0.717, 1.165) is 18.6 Å². The van der Waals surface area contributed by atoms with Crippen LogP contribution in [0.3, 0.4) is 0 Å². The van der Waals surface area contributed by atoms with E-state index in [9.17, 15) is 0 Å². The van der Waals surface area contributed by atoms with E-state index in [1.165, 1.54) is 0 Å². The molecule has 2 rings (SSSR count). The lowest BCUT2D eigenvalue weighted by molar-refractivity contribution is 0.00578. The van der Waals surface area contributed by atoms with Crippen molar-refractivity contribution in [1.82, 2.24) is 9.78 Å². The Kier molecular flexibility index (Phi) is 4.55. The van der Waals surface area contributed by atoms with Crippen LogP contribution in [-0.4, -0.2) is 28.1 Å². The second-order valence-electron chi connectivity index (χ2n) is 7.64. The number of hydrogen-bond donors (Lipinski definition) is 0. The van der Waals surface area contributed by atoms with Gasteiger partial charge in [-0.05, 0) is 51.9 Å². The van der Waals surface area contributed by atoms with Crippen molar-refractivity contribution in [3.05, 3.63) is 18.0 Å². The van der Waals surface area contributed by atoms with Crippen LogP contribution in [0.4, 0.5) is 0 Å². The van der Waals surface area contributed by atoms with Gasteiger partial charge in [0, 0.05) is 12.7 Å². The number of hydrogen-bond acceptors (Lipinski definition) is 3. The monoisotopic (exact) mass is 292 g/mol. The van der Waals surface area contributed by atoms with Crippen LogP contribution in [0.2, 0.25) is 6.32 Å². The first-order chi connectivity index (χ1) is 9.60. The molecule has 0 radical (unpaired) electrons. The van der Waals surface area contributed by atoms with Gasteiger partial charge in [0.2, 0.25) is 0 Å². The lowest BCUT2D eigenvalue weighted by Gasteiger charge is -2.32. The summed E-state index contributed by atoms with van der Waals surface area (Å²) in [5.41, 5.74) is 0.666. The molecule has 0 amide bonds. The van der Waals surface area contributed by atoms with Crippen molar-refractivity contribution < 1.29 is 9.31 Å². The summed E-state index contributed by atoms with van der Waals surface area (Å²) in [7, 11) is -0.120. The minimum Gasteiger partial charge on any atom is -0.403 e. The molecule has 2 heterocycles. The van der Waals surface area contributed by atoms with Gasteiger partial charge in [-0.2, -0.15) is 5.10 Å². The van der Waals surface area contributed by atoms with E-state index in [1.807, 2.05) is 4.68 Å². The third-order valence-corrected chi connectivity index (χ3v) is 4.65. The van der Waals surface area contributed by atoms with Crippen molar-refractivity contribution in [2.45, 2.75) is 78.5 Å². The minimum absolute atomic E-state index is 0.120. The van der Waals surface area contributed by atoms with Crippen LogP contribution in [0.1, 0.15) is 60.1 Å². The van der Waals surface area contributed by atoms with E-state index in [2.05, 4.69) is 65.8 Å². The van der Waals surface area contributed by atoms with Gasteiger partial charge in [-0.3, -0.25) is 4.68 Å². The Balaban J connectivity index is 1.89. The van der Waals surface area contributed by atoms with Crippen molar-refractivity contribution in [2.24, 2.45) is 5.92 Å². The topological polar surface area (TPSA) is 36.3 Å². The zero-order valence-electron chi connectivity index (χ0n) is 14.5. The van der Waals surface area contributed by atoms with Crippen molar-refractivity contribution in [3.8, 4) is 0 Å².